The Kier molecular flexibility index (Phi) is 2.10. The lowest BCUT2D eigenvalue weighted by Gasteiger charge is -2.31. The molecule has 1 saturated heterocycles. The molecule has 2 aliphatic rings. The molecule has 1 heterocycles. The number of aldehydes is 1. The minimum atomic E-state index is -0.488. The smallest absolute Gasteiger partial charge is 0.316 e. The van der Waals surface area contributed by atoms with Gasteiger partial charge in [-0.3, -0.25) is 4.79 Å². The van der Waals surface area contributed by atoms with Crippen molar-refractivity contribution < 1.29 is 14.3 Å². The largest absolute Gasteiger partial charge is 0.458 e. The molecule has 72 valence electrons. The summed E-state index contributed by atoms with van der Waals surface area (Å²) in [6.45, 7) is 0. The summed E-state index contributed by atoms with van der Waals surface area (Å²) in [4.78, 5) is 21.8. The van der Waals surface area contributed by atoms with Crippen molar-refractivity contribution in [2.75, 3.05) is 0 Å². The molecule has 3 heteroatoms. The summed E-state index contributed by atoms with van der Waals surface area (Å²) in [7, 11) is 0. The lowest BCUT2D eigenvalue weighted by molar-refractivity contribution is -0.152. The SMILES string of the molecule is O=CC1CC2(CCCCC2)OC1=O. The number of rotatable bonds is 1. The van der Waals surface area contributed by atoms with Gasteiger partial charge in [0.25, 0.3) is 0 Å². The number of esters is 1. The molecule has 1 unspecified atom stereocenters. The van der Waals surface area contributed by atoms with Crippen molar-refractivity contribution in [1.82, 2.24) is 0 Å². The fourth-order valence-electron chi connectivity index (χ4n) is 2.42. The van der Waals surface area contributed by atoms with Gasteiger partial charge in [-0.15, -0.1) is 0 Å². The fraction of sp³-hybridized carbons (Fsp3) is 0.800. The standard InChI is InChI=1S/C10H14O3/c11-7-8-6-10(13-9(8)12)4-2-1-3-5-10/h7-8H,1-6H2. The number of carbonyl (C=O) groups excluding carboxylic acids is 2. The maximum atomic E-state index is 11.2. The molecule has 0 N–H and O–H groups in total. The van der Waals surface area contributed by atoms with E-state index in [0.717, 1.165) is 32.0 Å². The van der Waals surface area contributed by atoms with Crippen LogP contribution in [0.25, 0.3) is 0 Å². The van der Waals surface area contributed by atoms with Gasteiger partial charge < -0.3 is 9.53 Å². The Labute approximate surface area is 77.4 Å². The normalized spacial score (nSPS) is 31.7. The van der Waals surface area contributed by atoms with E-state index in [2.05, 4.69) is 0 Å². The van der Waals surface area contributed by atoms with Gasteiger partial charge in [0.05, 0.1) is 0 Å². The third kappa shape index (κ3) is 1.47. The summed E-state index contributed by atoms with van der Waals surface area (Å²) in [5.74, 6) is -0.796. The highest BCUT2D eigenvalue weighted by atomic mass is 16.6. The average Bonchev–Trinajstić information content (AvgIpc) is 2.44. The highest BCUT2D eigenvalue weighted by Crippen LogP contribution is 2.41. The average molecular weight is 182 g/mol. The second-order valence-corrected chi connectivity index (χ2v) is 4.11. The van der Waals surface area contributed by atoms with Gasteiger partial charge in [-0.1, -0.05) is 6.42 Å². The maximum Gasteiger partial charge on any atom is 0.316 e. The van der Waals surface area contributed by atoms with E-state index in [-0.39, 0.29) is 11.6 Å². The Bertz CT molecular complexity index is 228. The number of hydrogen-bond donors (Lipinski definition) is 0. The fourth-order valence-corrected chi connectivity index (χ4v) is 2.42. The van der Waals surface area contributed by atoms with E-state index in [1.54, 1.807) is 0 Å². The molecule has 1 aliphatic carbocycles. The maximum absolute atomic E-state index is 11.2. The van der Waals surface area contributed by atoms with E-state index < -0.39 is 5.92 Å². The zero-order valence-electron chi connectivity index (χ0n) is 7.62. The van der Waals surface area contributed by atoms with Crippen molar-refractivity contribution >= 4 is 12.3 Å². The Morgan fingerprint density at radius 2 is 2.00 bits per heavy atom. The highest BCUT2D eigenvalue weighted by Gasteiger charge is 2.46. The molecule has 1 spiro atoms. The van der Waals surface area contributed by atoms with Gasteiger partial charge in [-0.25, -0.2) is 0 Å². The summed E-state index contributed by atoms with van der Waals surface area (Å²) in [6, 6.07) is 0. The minimum Gasteiger partial charge on any atom is -0.458 e. The van der Waals surface area contributed by atoms with Crippen LogP contribution in [0.2, 0.25) is 0 Å². The molecule has 1 atom stereocenters. The van der Waals surface area contributed by atoms with Crippen LogP contribution in [-0.2, 0) is 14.3 Å². The van der Waals surface area contributed by atoms with Crippen molar-refractivity contribution in [2.24, 2.45) is 5.92 Å². The van der Waals surface area contributed by atoms with Crippen molar-refractivity contribution in [1.29, 1.82) is 0 Å². The van der Waals surface area contributed by atoms with Gasteiger partial charge in [0.1, 0.15) is 17.8 Å². The van der Waals surface area contributed by atoms with Gasteiger partial charge >= 0.3 is 5.97 Å². The topological polar surface area (TPSA) is 43.4 Å². The van der Waals surface area contributed by atoms with E-state index in [0.29, 0.717) is 6.42 Å². The van der Waals surface area contributed by atoms with Gasteiger partial charge in [0.2, 0.25) is 0 Å². The predicted octanol–water partition coefficient (Wildman–Crippen LogP) is 1.45. The van der Waals surface area contributed by atoms with E-state index in [4.69, 9.17) is 4.74 Å². The van der Waals surface area contributed by atoms with Crippen LogP contribution in [0.3, 0.4) is 0 Å². The molecule has 1 saturated carbocycles. The molecule has 1 aliphatic heterocycles. The zero-order chi connectivity index (χ0) is 9.31. The Morgan fingerprint density at radius 3 is 2.54 bits per heavy atom. The summed E-state index contributed by atoms with van der Waals surface area (Å²) in [5.41, 5.74) is -0.263. The van der Waals surface area contributed by atoms with Crippen LogP contribution in [0.5, 0.6) is 0 Å². The number of carbonyl (C=O) groups is 2. The molecular formula is C10H14O3. The van der Waals surface area contributed by atoms with Crippen LogP contribution in [0.4, 0.5) is 0 Å². The molecule has 0 radical (unpaired) electrons. The first-order chi connectivity index (χ1) is 6.26. The third-order valence-electron chi connectivity index (χ3n) is 3.14. The van der Waals surface area contributed by atoms with Gasteiger partial charge in [-0.05, 0) is 25.7 Å². The Balaban J connectivity index is 2.09. The third-order valence-corrected chi connectivity index (χ3v) is 3.14. The molecular weight excluding hydrogens is 168 g/mol. The van der Waals surface area contributed by atoms with Crippen molar-refractivity contribution in [3.05, 3.63) is 0 Å². The first-order valence-corrected chi connectivity index (χ1v) is 4.94. The molecule has 0 bridgehead atoms. The van der Waals surface area contributed by atoms with Gasteiger partial charge in [0, 0.05) is 6.42 Å². The zero-order valence-corrected chi connectivity index (χ0v) is 7.62. The van der Waals surface area contributed by atoms with E-state index in [1.807, 2.05) is 0 Å². The first kappa shape index (κ1) is 8.73. The van der Waals surface area contributed by atoms with Crippen LogP contribution in [0, 0.1) is 5.92 Å². The summed E-state index contributed by atoms with van der Waals surface area (Å²) < 4.78 is 5.32. The summed E-state index contributed by atoms with van der Waals surface area (Å²) in [6.07, 6.45) is 6.72. The molecule has 0 aromatic rings. The Hall–Kier alpha value is -0.860. The molecule has 3 nitrogen and oxygen atoms in total. The highest BCUT2D eigenvalue weighted by molar-refractivity contribution is 5.89. The van der Waals surface area contributed by atoms with Crippen molar-refractivity contribution in [2.45, 2.75) is 44.1 Å². The predicted molar refractivity (Wildman–Crippen MR) is 46.1 cm³/mol. The van der Waals surface area contributed by atoms with Crippen LogP contribution in [0.1, 0.15) is 38.5 Å². The Morgan fingerprint density at radius 1 is 1.31 bits per heavy atom. The van der Waals surface area contributed by atoms with E-state index in [9.17, 15) is 9.59 Å². The molecule has 0 amide bonds. The van der Waals surface area contributed by atoms with Crippen LogP contribution in [-0.4, -0.2) is 17.9 Å². The minimum absolute atomic E-state index is 0.263. The van der Waals surface area contributed by atoms with Gasteiger partial charge in [-0.2, -0.15) is 0 Å². The van der Waals surface area contributed by atoms with E-state index >= 15 is 0 Å². The van der Waals surface area contributed by atoms with Gasteiger partial charge in [0.15, 0.2) is 0 Å². The number of ether oxygens (including phenoxy) is 1. The number of hydrogen-bond acceptors (Lipinski definition) is 3. The lowest BCUT2D eigenvalue weighted by Crippen LogP contribution is -2.30. The monoisotopic (exact) mass is 182 g/mol. The summed E-state index contributed by atoms with van der Waals surface area (Å²) in [5, 5.41) is 0. The molecule has 2 rings (SSSR count). The lowest BCUT2D eigenvalue weighted by atomic mass is 9.81. The molecule has 13 heavy (non-hydrogen) atoms. The second-order valence-electron chi connectivity index (χ2n) is 4.11. The van der Waals surface area contributed by atoms with Crippen molar-refractivity contribution in [3.63, 3.8) is 0 Å². The molecule has 2 fully saturated rings. The van der Waals surface area contributed by atoms with Crippen molar-refractivity contribution in [3.8, 4) is 0 Å². The quantitative estimate of drug-likeness (QED) is 0.350. The van der Waals surface area contributed by atoms with Crippen LogP contribution in [0.15, 0.2) is 0 Å². The second kappa shape index (κ2) is 3.13. The summed E-state index contributed by atoms with van der Waals surface area (Å²) >= 11 is 0. The van der Waals surface area contributed by atoms with Crippen LogP contribution < -0.4 is 0 Å². The van der Waals surface area contributed by atoms with Crippen LogP contribution >= 0.6 is 0 Å². The molecule has 0 aromatic heterocycles. The molecule has 0 aromatic carbocycles. The van der Waals surface area contributed by atoms with E-state index in [1.165, 1.54) is 6.42 Å². The first-order valence-electron chi connectivity index (χ1n) is 4.94.